The Kier molecular flexibility index (Phi) is 13.7. The van der Waals surface area contributed by atoms with Crippen molar-refractivity contribution in [2.45, 2.75) is 83.5 Å². The van der Waals surface area contributed by atoms with E-state index in [1.807, 2.05) is 25.1 Å². The molecule has 1 radical (unpaired) electrons. The molecule has 0 unspecified atom stereocenters. The van der Waals surface area contributed by atoms with Gasteiger partial charge in [-0.05, 0) is 94.3 Å². The standard InChI is InChI=1S/C45H34N5O.C17H22GeN.Ir/c1-25(2)37-22-32(31-16-15-28-9-6-7-10-30(28)21-31)23-38(26(3)4)41(37)50-42-39(20-17-29-14-13-27(5)47-40(29)42)49-44(50)36-12-8-11-34-35-19-18-33(24-46)48-45(35)51-43(34)36;1-13(2)14-6-8-15(9-7-14)17-11-10-16(12-19-17)18(3,4)5;/h6-11,13-23,25-26H,1-5H3;6-8,10-13H,1-5H3;/q2*-1;. The van der Waals surface area contributed by atoms with Crippen molar-refractivity contribution in [3.8, 4) is 45.5 Å². The third kappa shape index (κ3) is 9.47. The normalized spacial score (nSPS) is 11.8. The number of fused-ring (bicyclic) bond motifs is 7. The summed E-state index contributed by atoms with van der Waals surface area (Å²) in [5.41, 5.74) is 15.0. The van der Waals surface area contributed by atoms with E-state index < -0.39 is 13.3 Å². The van der Waals surface area contributed by atoms with Crippen molar-refractivity contribution in [3.05, 3.63) is 180 Å². The van der Waals surface area contributed by atoms with Crippen molar-refractivity contribution in [2.24, 2.45) is 0 Å². The van der Waals surface area contributed by atoms with E-state index in [4.69, 9.17) is 14.4 Å². The fraction of sp³-hybridized carbons (Fsp3) is 0.210. The number of hydrogen-bond acceptors (Lipinski definition) is 6. The van der Waals surface area contributed by atoms with Crippen LogP contribution in [0.15, 0.2) is 144 Å². The molecule has 71 heavy (non-hydrogen) atoms. The van der Waals surface area contributed by atoms with Crippen LogP contribution < -0.4 is 4.40 Å². The number of pyridine rings is 3. The van der Waals surface area contributed by atoms with Gasteiger partial charge in [0, 0.05) is 42.3 Å². The average molecular weight is 1170 g/mol. The predicted molar refractivity (Wildman–Crippen MR) is 292 cm³/mol. The molecule has 6 aromatic carbocycles. The van der Waals surface area contributed by atoms with Crippen molar-refractivity contribution in [3.63, 3.8) is 0 Å². The van der Waals surface area contributed by atoms with Crippen LogP contribution in [-0.4, -0.2) is 37.8 Å². The summed E-state index contributed by atoms with van der Waals surface area (Å²) in [6, 6.07) is 55.6. The molecule has 0 saturated heterocycles. The Balaban J connectivity index is 0.000000263. The second kappa shape index (κ2) is 19.8. The van der Waals surface area contributed by atoms with Crippen LogP contribution in [0.4, 0.5) is 0 Å². The van der Waals surface area contributed by atoms with Crippen LogP contribution in [0, 0.1) is 30.4 Å². The largest absolute Gasteiger partial charge is 0.486 e. The molecular weight excluding hydrogens is 1110 g/mol. The Morgan fingerprint density at radius 1 is 0.676 bits per heavy atom. The monoisotopic (exact) mass is 1170 g/mol. The van der Waals surface area contributed by atoms with Crippen molar-refractivity contribution in [2.75, 3.05) is 0 Å². The quantitative estimate of drug-likeness (QED) is 0.111. The molecule has 0 bridgehead atoms. The molecule has 5 heterocycles. The minimum Gasteiger partial charge on any atom is -0.486 e. The number of imidazole rings is 1. The van der Waals surface area contributed by atoms with Crippen LogP contribution in [0.25, 0.3) is 94.2 Å². The van der Waals surface area contributed by atoms with Gasteiger partial charge in [0.15, 0.2) is 0 Å². The van der Waals surface area contributed by atoms with Crippen molar-refractivity contribution in [1.82, 2.24) is 24.5 Å². The Hall–Kier alpha value is -6.76. The molecule has 0 aliphatic rings. The van der Waals surface area contributed by atoms with Crippen LogP contribution in [0.2, 0.25) is 17.3 Å². The smallest absolute Gasteiger partial charge is 0.217 e. The maximum absolute atomic E-state index is 9.55. The molecule has 0 N–H and O–H groups in total. The van der Waals surface area contributed by atoms with Crippen LogP contribution in [-0.2, 0) is 20.1 Å². The molecule has 0 atom stereocenters. The Morgan fingerprint density at radius 2 is 1.41 bits per heavy atom. The zero-order valence-electron chi connectivity index (χ0n) is 41.9. The molecule has 0 fully saturated rings. The van der Waals surface area contributed by atoms with Crippen LogP contribution >= 0.6 is 0 Å². The first-order valence-corrected chi connectivity index (χ1v) is 31.6. The molecule has 5 aromatic heterocycles. The molecule has 0 aliphatic carbocycles. The van der Waals surface area contributed by atoms with Crippen LogP contribution in [0.3, 0.4) is 0 Å². The zero-order valence-corrected chi connectivity index (χ0v) is 46.4. The summed E-state index contributed by atoms with van der Waals surface area (Å²) in [5.74, 6) is 8.81. The van der Waals surface area contributed by atoms with E-state index in [0.717, 1.165) is 60.9 Å². The van der Waals surface area contributed by atoms with Gasteiger partial charge in [0.2, 0.25) is 5.71 Å². The van der Waals surface area contributed by atoms with E-state index >= 15 is 0 Å². The van der Waals surface area contributed by atoms with Crippen molar-refractivity contribution < 1.29 is 24.5 Å². The zero-order chi connectivity index (χ0) is 49.0. The predicted octanol–water partition coefficient (Wildman–Crippen LogP) is 15.8. The fourth-order valence-electron chi connectivity index (χ4n) is 9.38. The molecule has 0 aliphatic heterocycles. The van der Waals surface area contributed by atoms with Crippen molar-refractivity contribution >= 4 is 72.4 Å². The molecule has 0 saturated carbocycles. The summed E-state index contributed by atoms with van der Waals surface area (Å²) < 4.78 is 10.2. The SMILES string of the molecule is CC(C)c1c[c-]c(-c2cc[c]([Ge]([CH3])([CH3])[CH3])cn2)cc1.Cc1ccc2ccc3nc(-c4[c-]ccc5c4oc4nc(C#N)ccc45)n(-c4c(C(C)C)cc(-c5ccc6ccccc6c5)cc4C(C)C)c3c2n1.[Ir]. The van der Waals surface area contributed by atoms with E-state index in [1.165, 1.54) is 43.0 Å². The topological polar surface area (TPSA) is 93.4 Å². The maximum Gasteiger partial charge on any atom is 0.217 e. The van der Waals surface area contributed by atoms with Gasteiger partial charge >= 0.3 is 119 Å². The number of furan rings is 1. The summed E-state index contributed by atoms with van der Waals surface area (Å²) in [5, 5.41) is 14.8. The Morgan fingerprint density at radius 3 is 2.07 bits per heavy atom. The fourth-order valence-corrected chi connectivity index (χ4v) is 11.6. The van der Waals surface area contributed by atoms with Gasteiger partial charge in [-0.25, -0.2) is 4.98 Å². The molecule has 11 rings (SSSR count). The second-order valence-corrected chi connectivity index (χ2v) is 31.0. The van der Waals surface area contributed by atoms with Gasteiger partial charge < -0.3 is 8.98 Å². The third-order valence-electron chi connectivity index (χ3n) is 13.4. The average Bonchev–Trinajstić information content (AvgIpc) is 3.94. The molecule has 9 heteroatoms. The molecule has 0 spiro atoms. The van der Waals surface area contributed by atoms with Gasteiger partial charge in [-0.3, -0.25) is 9.97 Å². The number of hydrogen-bond donors (Lipinski definition) is 0. The van der Waals surface area contributed by atoms with E-state index in [0.29, 0.717) is 28.7 Å². The Labute approximate surface area is 432 Å². The van der Waals surface area contributed by atoms with Gasteiger partial charge in [0.05, 0.1) is 28.0 Å². The molecule has 11 aromatic rings. The minimum atomic E-state index is -1.74. The molecule has 0 amide bonds. The summed E-state index contributed by atoms with van der Waals surface area (Å²) in [6.45, 7) is 15.5. The first kappa shape index (κ1) is 49.2. The summed E-state index contributed by atoms with van der Waals surface area (Å²) in [6.07, 6.45) is 2.06. The summed E-state index contributed by atoms with van der Waals surface area (Å²) >= 11 is -1.74. The molecule has 7 nitrogen and oxygen atoms in total. The first-order valence-electron chi connectivity index (χ1n) is 24.3. The Bertz CT molecular complexity index is 3790. The minimum absolute atomic E-state index is 0. The third-order valence-corrected chi connectivity index (χ3v) is 17.6. The van der Waals surface area contributed by atoms with Gasteiger partial charge in [-0.1, -0.05) is 87.2 Å². The molecule has 355 valence electrons. The van der Waals surface area contributed by atoms with Crippen molar-refractivity contribution in [1.29, 1.82) is 5.26 Å². The maximum atomic E-state index is 9.55. The van der Waals surface area contributed by atoms with E-state index in [-0.39, 0.29) is 31.9 Å². The van der Waals surface area contributed by atoms with Gasteiger partial charge in [0.25, 0.3) is 0 Å². The van der Waals surface area contributed by atoms with E-state index in [2.05, 4.69) is 207 Å². The van der Waals surface area contributed by atoms with E-state index in [1.54, 1.807) is 6.07 Å². The number of benzene rings is 6. The number of nitrogens with zero attached hydrogens (tertiary/aromatic N) is 6. The first-order chi connectivity index (χ1) is 33.7. The van der Waals surface area contributed by atoms with Crippen LogP contribution in [0.1, 0.15) is 87.4 Å². The van der Waals surface area contributed by atoms with Gasteiger partial charge in [-0.2, -0.15) is 5.26 Å². The number of aromatic nitrogens is 5. The number of aryl methyl sites for hydroxylation is 1. The number of rotatable bonds is 8. The van der Waals surface area contributed by atoms with Gasteiger partial charge in [-0.15, -0.1) is 18.2 Å². The number of nitriles is 1. The van der Waals surface area contributed by atoms with Crippen LogP contribution in [0.5, 0.6) is 0 Å². The summed E-state index contributed by atoms with van der Waals surface area (Å²) in [7, 11) is 0. The molecular formula is C62H56GeIrN6O-2. The second-order valence-electron chi connectivity index (χ2n) is 20.3. The van der Waals surface area contributed by atoms with Gasteiger partial charge in [0.1, 0.15) is 11.8 Å². The summed E-state index contributed by atoms with van der Waals surface area (Å²) in [4.78, 5) is 19.6. The van der Waals surface area contributed by atoms with E-state index in [9.17, 15) is 5.26 Å².